The Morgan fingerprint density at radius 1 is 1.17 bits per heavy atom. The van der Waals surface area contributed by atoms with Crippen molar-refractivity contribution >= 4 is 29.9 Å². The molecule has 0 fully saturated rings. The number of guanidine groups is 1. The molecule has 24 heavy (non-hydrogen) atoms. The van der Waals surface area contributed by atoms with Crippen LogP contribution < -0.4 is 10.6 Å². The van der Waals surface area contributed by atoms with Gasteiger partial charge in [0.25, 0.3) is 0 Å². The average Bonchev–Trinajstić information content (AvgIpc) is 2.56. The minimum Gasteiger partial charge on any atom is -0.396 e. The first-order chi connectivity index (χ1) is 11.1. The van der Waals surface area contributed by atoms with E-state index in [9.17, 15) is 5.11 Å². The molecule has 1 aromatic rings. The zero-order chi connectivity index (χ0) is 17.1. The Bertz CT molecular complexity index is 487. The Morgan fingerprint density at radius 3 is 2.42 bits per heavy atom. The van der Waals surface area contributed by atoms with Gasteiger partial charge in [-0.05, 0) is 44.1 Å². The minimum absolute atomic E-state index is 0. The molecule has 138 valence electrons. The van der Waals surface area contributed by atoms with E-state index in [1.165, 1.54) is 11.1 Å². The third kappa shape index (κ3) is 7.83. The second-order valence-corrected chi connectivity index (χ2v) is 6.22. The number of nitrogens with zero attached hydrogens (tertiary/aromatic N) is 1. The summed E-state index contributed by atoms with van der Waals surface area (Å²) in [4.78, 5) is 4.69. The van der Waals surface area contributed by atoms with Crippen LogP contribution >= 0.6 is 24.0 Å². The van der Waals surface area contributed by atoms with Gasteiger partial charge < -0.3 is 15.7 Å². The molecular weight excluding hydrogens is 413 g/mol. The van der Waals surface area contributed by atoms with Gasteiger partial charge in [-0.3, -0.25) is 0 Å². The Labute approximate surface area is 164 Å². The molecule has 0 saturated heterocycles. The Hall–Kier alpha value is -0.820. The second-order valence-electron chi connectivity index (χ2n) is 6.22. The molecule has 0 radical (unpaired) electrons. The van der Waals surface area contributed by atoms with Crippen molar-refractivity contribution in [1.82, 2.24) is 10.6 Å². The molecule has 0 unspecified atom stereocenters. The number of aliphatic hydroxyl groups is 1. The fourth-order valence-electron chi connectivity index (χ4n) is 2.77. The van der Waals surface area contributed by atoms with Crippen molar-refractivity contribution < 1.29 is 5.11 Å². The highest BCUT2D eigenvalue weighted by Crippen LogP contribution is 2.29. The van der Waals surface area contributed by atoms with Crippen LogP contribution in [0.15, 0.2) is 29.3 Å². The van der Waals surface area contributed by atoms with Crippen molar-refractivity contribution in [2.24, 2.45) is 10.4 Å². The Balaban J connectivity index is 0.00000529. The number of hydrogen-bond donors (Lipinski definition) is 3. The number of aryl methyl sites for hydroxylation is 1. The lowest BCUT2D eigenvalue weighted by Gasteiger charge is -2.32. The summed E-state index contributed by atoms with van der Waals surface area (Å²) in [6.45, 7) is 11.1. The highest BCUT2D eigenvalue weighted by molar-refractivity contribution is 14.0. The predicted molar refractivity (Wildman–Crippen MR) is 114 cm³/mol. The lowest BCUT2D eigenvalue weighted by Crippen LogP contribution is -2.43. The third-order valence-electron chi connectivity index (χ3n) is 4.62. The Kier molecular flexibility index (Phi) is 12.1. The number of aliphatic imine (C=N–C) groups is 1. The molecule has 0 aliphatic heterocycles. The van der Waals surface area contributed by atoms with Gasteiger partial charge in [0, 0.05) is 19.7 Å². The topological polar surface area (TPSA) is 56.7 Å². The molecule has 0 bridgehead atoms. The quantitative estimate of drug-likeness (QED) is 0.306. The SMILES string of the molecule is CCNC(=NCc1cccc(C)c1)NCC(CC)(CC)CCO.I. The smallest absolute Gasteiger partial charge is 0.191 e. The van der Waals surface area contributed by atoms with Crippen molar-refractivity contribution in [3.05, 3.63) is 35.4 Å². The van der Waals surface area contributed by atoms with Crippen LogP contribution in [0.3, 0.4) is 0 Å². The van der Waals surface area contributed by atoms with Gasteiger partial charge >= 0.3 is 0 Å². The van der Waals surface area contributed by atoms with E-state index >= 15 is 0 Å². The van der Waals surface area contributed by atoms with Crippen molar-refractivity contribution in [2.75, 3.05) is 19.7 Å². The van der Waals surface area contributed by atoms with Gasteiger partial charge in [0.2, 0.25) is 0 Å². The van der Waals surface area contributed by atoms with Gasteiger partial charge in [0.05, 0.1) is 6.54 Å². The molecule has 0 aliphatic rings. The molecule has 0 aromatic heterocycles. The summed E-state index contributed by atoms with van der Waals surface area (Å²) in [7, 11) is 0. The predicted octanol–water partition coefficient (Wildman–Crippen LogP) is 3.86. The van der Waals surface area contributed by atoms with Crippen molar-refractivity contribution in [2.45, 2.75) is 53.5 Å². The van der Waals surface area contributed by atoms with Crippen LogP contribution in [0, 0.1) is 12.3 Å². The Morgan fingerprint density at radius 2 is 1.88 bits per heavy atom. The maximum absolute atomic E-state index is 9.34. The van der Waals surface area contributed by atoms with Crippen LogP contribution in [0.4, 0.5) is 0 Å². The monoisotopic (exact) mass is 447 g/mol. The largest absolute Gasteiger partial charge is 0.396 e. The van der Waals surface area contributed by atoms with Gasteiger partial charge in [-0.15, -0.1) is 24.0 Å². The first-order valence-corrected chi connectivity index (χ1v) is 8.77. The normalized spacial score (nSPS) is 11.8. The van der Waals surface area contributed by atoms with Crippen LogP contribution in [-0.2, 0) is 6.54 Å². The molecular formula is C19H34IN3O. The molecule has 5 heteroatoms. The summed E-state index contributed by atoms with van der Waals surface area (Å²) < 4.78 is 0. The maximum atomic E-state index is 9.34. The molecule has 0 heterocycles. The van der Waals surface area contributed by atoms with E-state index in [0.29, 0.717) is 6.54 Å². The number of halogens is 1. The highest BCUT2D eigenvalue weighted by Gasteiger charge is 2.25. The van der Waals surface area contributed by atoms with Gasteiger partial charge in [-0.2, -0.15) is 0 Å². The summed E-state index contributed by atoms with van der Waals surface area (Å²) in [5, 5.41) is 16.1. The molecule has 0 spiro atoms. The van der Waals surface area contributed by atoms with E-state index in [-0.39, 0.29) is 36.0 Å². The van der Waals surface area contributed by atoms with Crippen LogP contribution in [0.25, 0.3) is 0 Å². The second kappa shape index (κ2) is 12.5. The van der Waals surface area contributed by atoms with Crippen molar-refractivity contribution in [1.29, 1.82) is 0 Å². The number of aliphatic hydroxyl groups excluding tert-OH is 1. The van der Waals surface area contributed by atoms with E-state index in [1.807, 2.05) is 0 Å². The summed E-state index contributed by atoms with van der Waals surface area (Å²) in [5.41, 5.74) is 2.61. The lowest BCUT2D eigenvalue weighted by atomic mass is 9.79. The van der Waals surface area contributed by atoms with Crippen LogP contribution in [0.5, 0.6) is 0 Å². The summed E-state index contributed by atoms with van der Waals surface area (Å²) in [6, 6.07) is 8.44. The number of benzene rings is 1. The number of rotatable bonds is 9. The summed E-state index contributed by atoms with van der Waals surface area (Å²) in [5.74, 6) is 0.846. The summed E-state index contributed by atoms with van der Waals surface area (Å²) in [6.07, 6.45) is 2.92. The molecule has 4 nitrogen and oxygen atoms in total. The average molecular weight is 447 g/mol. The van der Waals surface area contributed by atoms with Gasteiger partial charge in [-0.1, -0.05) is 43.7 Å². The first-order valence-electron chi connectivity index (χ1n) is 8.77. The molecule has 0 amide bonds. The zero-order valence-corrected chi connectivity index (χ0v) is 17.9. The number of hydrogen-bond acceptors (Lipinski definition) is 2. The molecule has 1 aromatic carbocycles. The van der Waals surface area contributed by atoms with Gasteiger partial charge in [-0.25, -0.2) is 4.99 Å². The maximum Gasteiger partial charge on any atom is 0.191 e. The van der Waals surface area contributed by atoms with Crippen LogP contribution in [0.2, 0.25) is 0 Å². The fourth-order valence-corrected chi connectivity index (χ4v) is 2.77. The van der Waals surface area contributed by atoms with Gasteiger partial charge in [0.1, 0.15) is 0 Å². The van der Waals surface area contributed by atoms with E-state index in [0.717, 1.165) is 38.3 Å². The lowest BCUT2D eigenvalue weighted by molar-refractivity contribution is 0.169. The third-order valence-corrected chi connectivity index (χ3v) is 4.62. The molecule has 0 saturated carbocycles. The zero-order valence-electron chi connectivity index (χ0n) is 15.6. The summed E-state index contributed by atoms with van der Waals surface area (Å²) >= 11 is 0. The highest BCUT2D eigenvalue weighted by atomic mass is 127. The van der Waals surface area contributed by atoms with Crippen LogP contribution in [-0.4, -0.2) is 30.8 Å². The molecule has 3 N–H and O–H groups in total. The van der Waals surface area contributed by atoms with E-state index < -0.39 is 0 Å². The molecule has 1 rings (SSSR count). The van der Waals surface area contributed by atoms with Crippen molar-refractivity contribution in [3.63, 3.8) is 0 Å². The van der Waals surface area contributed by atoms with Crippen molar-refractivity contribution in [3.8, 4) is 0 Å². The van der Waals surface area contributed by atoms with Gasteiger partial charge in [0.15, 0.2) is 5.96 Å². The first kappa shape index (κ1) is 23.2. The van der Waals surface area contributed by atoms with E-state index in [4.69, 9.17) is 0 Å². The number of nitrogens with one attached hydrogen (secondary N) is 2. The van der Waals surface area contributed by atoms with E-state index in [1.54, 1.807) is 0 Å². The fraction of sp³-hybridized carbons (Fsp3) is 0.632. The minimum atomic E-state index is 0. The molecule has 0 aliphatic carbocycles. The standard InChI is InChI=1S/C19H33N3O.HI/c1-5-19(6-2,11-12-23)15-22-18(20-7-3)21-14-17-10-8-9-16(4)13-17;/h8-10,13,23H,5-7,11-12,14-15H2,1-4H3,(H2,20,21,22);1H. The van der Waals surface area contributed by atoms with Crippen LogP contribution in [0.1, 0.15) is 51.2 Å². The molecule has 0 atom stereocenters. The van der Waals surface area contributed by atoms with E-state index in [2.05, 4.69) is 67.6 Å².